The van der Waals surface area contributed by atoms with Gasteiger partial charge >= 0.3 is 5.97 Å². The fraction of sp³-hybridized carbons (Fsp3) is 0.565. The van der Waals surface area contributed by atoms with Crippen LogP contribution in [0.15, 0.2) is 22.7 Å². The van der Waals surface area contributed by atoms with E-state index in [1.54, 1.807) is 26.0 Å². The van der Waals surface area contributed by atoms with Gasteiger partial charge in [0, 0.05) is 10.2 Å². The number of likely N-dealkylation sites (tertiary alicyclic amines) is 1. The molecule has 1 heterocycles. The van der Waals surface area contributed by atoms with Crippen molar-refractivity contribution in [3.8, 4) is 0 Å². The first kappa shape index (κ1) is 22.0. The van der Waals surface area contributed by atoms with Gasteiger partial charge in [0.1, 0.15) is 6.04 Å². The van der Waals surface area contributed by atoms with Crippen LogP contribution >= 0.6 is 15.9 Å². The van der Waals surface area contributed by atoms with E-state index in [2.05, 4.69) is 21.2 Å². The standard InChI is InChI=1S/C23H27BrN2O5/c1-11(2)20(26-21(28)18-13-4-5-14(9-13)19(18)22(26)29)23(30)31-10-17(27)25-16-7-6-15(24)8-12(16)3/h6-8,11,13-14,18-20H,4-5,9-10H2,1-3H3,(H,25,27)/t13-,14-,18-,19+,20+/m0/s1. The Morgan fingerprint density at radius 2 is 1.77 bits per heavy atom. The molecular weight excluding hydrogens is 464 g/mol. The number of hydrogen-bond donors (Lipinski definition) is 1. The van der Waals surface area contributed by atoms with Crippen LogP contribution in [0.4, 0.5) is 5.69 Å². The highest BCUT2D eigenvalue weighted by atomic mass is 79.9. The largest absolute Gasteiger partial charge is 0.454 e. The minimum atomic E-state index is -1.01. The van der Waals surface area contributed by atoms with Gasteiger partial charge in [0.25, 0.3) is 5.91 Å². The molecular formula is C23H27BrN2O5. The molecule has 2 saturated carbocycles. The number of nitrogens with zero attached hydrogens (tertiary/aromatic N) is 1. The molecule has 0 unspecified atom stereocenters. The zero-order valence-corrected chi connectivity index (χ0v) is 19.5. The summed E-state index contributed by atoms with van der Waals surface area (Å²) >= 11 is 3.37. The van der Waals surface area contributed by atoms with Crippen molar-refractivity contribution in [2.75, 3.05) is 11.9 Å². The summed E-state index contributed by atoms with van der Waals surface area (Å²) in [5.74, 6) is -2.07. The lowest BCUT2D eigenvalue weighted by atomic mass is 9.81. The van der Waals surface area contributed by atoms with Crippen molar-refractivity contribution in [3.63, 3.8) is 0 Å². The van der Waals surface area contributed by atoms with Gasteiger partial charge in [-0.1, -0.05) is 29.8 Å². The number of rotatable bonds is 6. The molecule has 166 valence electrons. The van der Waals surface area contributed by atoms with Gasteiger partial charge in [0.2, 0.25) is 11.8 Å². The van der Waals surface area contributed by atoms with Crippen molar-refractivity contribution in [2.24, 2.45) is 29.6 Å². The number of benzene rings is 1. The van der Waals surface area contributed by atoms with E-state index >= 15 is 0 Å². The fourth-order valence-corrected chi connectivity index (χ4v) is 6.03. The maximum absolute atomic E-state index is 13.1. The average molecular weight is 491 g/mol. The Hall–Kier alpha value is -2.22. The van der Waals surface area contributed by atoms with Gasteiger partial charge in [-0.25, -0.2) is 4.79 Å². The van der Waals surface area contributed by atoms with Crippen LogP contribution in [0.25, 0.3) is 0 Å². The van der Waals surface area contributed by atoms with Gasteiger partial charge in [0.05, 0.1) is 11.8 Å². The lowest BCUT2D eigenvalue weighted by molar-refractivity contribution is -0.162. The minimum Gasteiger partial charge on any atom is -0.454 e. The summed E-state index contributed by atoms with van der Waals surface area (Å²) in [6.45, 7) is 4.93. The molecule has 3 amide bonds. The van der Waals surface area contributed by atoms with E-state index in [9.17, 15) is 19.2 Å². The number of halogens is 1. The van der Waals surface area contributed by atoms with Crippen LogP contribution in [-0.4, -0.2) is 41.2 Å². The van der Waals surface area contributed by atoms with E-state index in [1.165, 1.54) is 0 Å². The van der Waals surface area contributed by atoms with Crippen LogP contribution < -0.4 is 5.32 Å². The highest BCUT2D eigenvalue weighted by molar-refractivity contribution is 9.10. The Morgan fingerprint density at radius 3 is 2.32 bits per heavy atom. The summed E-state index contributed by atoms with van der Waals surface area (Å²) in [6, 6.07) is 4.42. The first-order valence-corrected chi connectivity index (χ1v) is 11.6. The average Bonchev–Trinajstić information content (AvgIpc) is 3.38. The quantitative estimate of drug-likeness (QED) is 0.487. The second-order valence-corrected chi connectivity index (χ2v) is 10.2. The smallest absolute Gasteiger partial charge is 0.330 e. The third-order valence-corrected chi connectivity index (χ3v) is 7.41. The number of aryl methyl sites for hydroxylation is 1. The van der Waals surface area contributed by atoms with E-state index in [4.69, 9.17) is 4.74 Å². The molecule has 7 nitrogen and oxygen atoms in total. The molecule has 1 N–H and O–H groups in total. The Labute approximate surface area is 190 Å². The lowest BCUT2D eigenvalue weighted by Gasteiger charge is -2.28. The summed E-state index contributed by atoms with van der Waals surface area (Å²) in [5.41, 5.74) is 1.49. The summed E-state index contributed by atoms with van der Waals surface area (Å²) in [4.78, 5) is 52.5. The van der Waals surface area contributed by atoms with Crippen LogP contribution in [0, 0.1) is 36.5 Å². The number of carbonyl (C=O) groups excluding carboxylic acids is 4. The molecule has 2 bridgehead atoms. The Morgan fingerprint density at radius 1 is 1.16 bits per heavy atom. The van der Waals surface area contributed by atoms with Crippen LogP contribution in [0.2, 0.25) is 0 Å². The maximum Gasteiger partial charge on any atom is 0.330 e. The molecule has 0 spiro atoms. The summed E-state index contributed by atoms with van der Waals surface area (Å²) in [7, 11) is 0. The van der Waals surface area contributed by atoms with Crippen molar-refractivity contribution in [1.29, 1.82) is 0 Å². The molecule has 0 aromatic heterocycles. The van der Waals surface area contributed by atoms with Crippen molar-refractivity contribution >= 4 is 45.3 Å². The first-order valence-electron chi connectivity index (χ1n) is 10.8. The van der Waals surface area contributed by atoms with Crippen LogP contribution in [0.1, 0.15) is 38.7 Å². The minimum absolute atomic E-state index is 0.243. The van der Waals surface area contributed by atoms with E-state index in [0.29, 0.717) is 5.69 Å². The predicted octanol–water partition coefficient (Wildman–Crippen LogP) is 3.29. The van der Waals surface area contributed by atoms with Gasteiger partial charge in [-0.05, 0) is 67.7 Å². The normalized spacial score (nSPS) is 27.6. The first-order chi connectivity index (χ1) is 14.7. The topological polar surface area (TPSA) is 92.8 Å². The van der Waals surface area contributed by atoms with E-state index in [-0.39, 0.29) is 41.4 Å². The fourth-order valence-electron chi connectivity index (χ4n) is 5.56. The second-order valence-electron chi connectivity index (χ2n) is 9.24. The molecule has 0 radical (unpaired) electrons. The molecule has 1 saturated heterocycles. The van der Waals surface area contributed by atoms with Gasteiger partial charge < -0.3 is 10.1 Å². The molecule has 31 heavy (non-hydrogen) atoms. The third-order valence-electron chi connectivity index (χ3n) is 6.92. The van der Waals surface area contributed by atoms with E-state index < -0.39 is 24.5 Å². The number of amides is 3. The van der Waals surface area contributed by atoms with Crippen molar-refractivity contribution in [1.82, 2.24) is 4.90 Å². The predicted molar refractivity (Wildman–Crippen MR) is 117 cm³/mol. The molecule has 1 aliphatic heterocycles. The number of ether oxygens (including phenoxy) is 1. The molecule has 3 fully saturated rings. The number of esters is 1. The third kappa shape index (κ3) is 3.90. The van der Waals surface area contributed by atoms with Gasteiger partial charge in [0.15, 0.2) is 6.61 Å². The molecule has 1 aromatic carbocycles. The number of carbonyl (C=O) groups is 4. The van der Waals surface area contributed by atoms with Gasteiger partial charge in [-0.3, -0.25) is 19.3 Å². The van der Waals surface area contributed by atoms with Crippen molar-refractivity contribution in [3.05, 3.63) is 28.2 Å². The Kier molecular flexibility index (Phi) is 5.94. The number of hydrogen-bond acceptors (Lipinski definition) is 5. The number of imide groups is 1. The van der Waals surface area contributed by atoms with Gasteiger partial charge in [-0.2, -0.15) is 0 Å². The molecule has 1 aromatic rings. The number of anilines is 1. The van der Waals surface area contributed by atoms with Gasteiger partial charge in [-0.15, -0.1) is 0 Å². The molecule has 5 atom stereocenters. The van der Waals surface area contributed by atoms with Crippen LogP contribution in [-0.2, 0) is 23.9 Å². The Bertz CT molecular complexity index is 918. The maximum atomic E-state index is 13.1. The Balaban J connectivity index is 1.42. The monoisotopic (exact) mass is 490 g/mol. The zero-order chi connectivity index (χ0) is 22.4. The number of nitrogens with one attached hydrogen (secondary N) is 1. The summed E-state index contributed by atoms with van der Waals surface area (Å²) in [6.07, 6.45) is 2.89. The molecule has 3 aliphatic rings. The van der Waals surface area contributed by atoms with Crippen LogP contribution in [0.5, 0.6) is 0 Å². The second kappa shape index (κ2) is 8.37. The zero-order valence-electron chi connectivity index (χ0n) is 17.9. The van der Waals surface area contributed by atoms with E-state index in [1.807, 2.05) is 13.0 Å². The molecule has 4 rings (SSSR count). The SMILES string of the molecule is Cc1cc(Br)ccc1NC(=O)COC(=O)[C@@H](C(C)C)N1C(=O)[C@@H]2[C@H]3CC[C@@H](C3)[C@@H]2C1=O. The number of fused-ring (bicyclic) bond motifs is 5. The molecule has 8 heteroatoms. The molecule has 2 aliphatic carbocycles. The lowest BCUT2D eigenvalue weighted by Crippen LogP contribution is -2.50. The highest BCUT2D eigenvalue weighted by Gasteiger charge is 2.62. The summed E-state index contributed by atoms with van der Waals surface area (Å²) in [5, 5.41) is 2.72. The van der Waals surface area contributed by atoms with E-state index in [0.717, 1.165) is 34.2 Å². The summed E-state index contributed by atoms with van der Waals surface area (Å²) < 4.78 is 6.15. The van der Waals surface area contributed by atoms with Crippen molar-refractivity contribution in [2.45, 2.75) is 46.1 Å². The van der Waals surface area contributed by atoms with Crippen LogP contribution in [0.3, 0.4) is 0 Å². The highest BCUT2D eigenvalue weighted by Crippen LogP contribution is 2.56. The van der Waals surface area contributed by atoms with Crippen molar-refractivity contribution < 1.29 is 23.9 Å².